The van der Waals surface area contributed by atoms with Gasteiger partial charge in [-0.15, -0.1) is 16.4 Å². The van der Waals surface area contributed by atoms with Gasteiger partial charge in [0, 0.05) is 22.8 Å². The van der Waals surface area contributed by atoms with E-state index in [1.165, 1.54) is 0 Å². The topological polar surface area (TPSA) is 72.7 Å². The van der Waals surface area contributed by atoms with E-state index >= 15 is 0 Å². The maximum Gasteiger partial charge on any atom is 0.277 e. The summed E-state index contributed by atoms with van der Waals surface area (Å²) in [5, 5.41) is 13.6. The monoisotopic (exact) mass is 347 g/mol. The third-order valence-electron chi connectivity index (χ3n) is 3.57. The zero-order chi connectivity index (χ0) is 17.1. The van der Waals surface area contributed by atoms with E-state index in [0.29, 0.717) is 5.69 Å². The molecule has 0 fully saturated rings. The van der Waals surface area contributed by atoms with Crippen LogP contribution in [-0.4, -0.2) is 25.9 Å². The van der Waals surface area contributed by atoms with Crippen LogP contribution >= 0.6 is 11.3 Å². The lowest BCUT2D eigenvalue weighted by Crippen LogP contribution is -2.12. The summed E-state index contributed by atoms with van der Waals surface area (Å²) in [7, 11) is 0. The molecular formula is C18H13N5OS. The predicted octanol–water partition coefficient (Wildman–Crippen LogP) is 3.64. The fourth-order valence-corrected chi connectivity index (χ4v) is 2.98. The number of benzene rings is 2. The van der Waals surface area contributed by atoms with Gasteiger partial charge in [0.2, 0.25) is 0 Å². The van der Waals surface area contributed by atoms with Gasteiger partial charge in [0.05, 0.1) is 11.9 Å². The number of carbonyl (C=O) groups is 1. The van der Waals surface area contributed by atoms with E-state index in [0.717, 1.165) is 16.3 Å². The number of anilines is 1. The number of para-hydroxylation sites is 1. The molecule has 0 unspecified atom stereocenters. The Morgan fingerprint density at radius 1 is 1.04 bits per heavy atom. The molecule has 2 heterocycles. The Bertz CT molecular complexity index is 978. The molecule has 0 atom stereocenters. The van der Waals surface area contributed by atoms with E-state index in [1.54, 1.807) is 28.4 Å². The molecule has 1 N–H and O–H groups in total. The molecular weight excluding hydrogens is 334 g/mol. The molecule has 2 aromatic heterocycles. The lowest BCUT2D eigenvalue weighted by atomic mass is 10.2. The number of hydrogen-bond acceptors (Lipinski definition) is 5. The first-order chi connectivity index (χ1) is 12.3. The highest BCUT2D eigenvalue weighted by molar-refractivity contribution is 7.13. The average molecular weight is 347 g/mol. The Balaban J connectivity index is 1.48. The van der Waals surface area contributed by atoms with E-state index in [-0.39, 0.29) is 11.6 Å². The first-order valence-electron chi connectivity index (χ1n) is 7.59. The fraction of sp³-hybridized carbons (Fsp3) is 0. The van der Waals surface area contributed by atoms with Gasteiger partial charge < -0.3 is 5.32 Å². The molecule has 0 radical (unpaired) electrons. The summed E-state index contributed by atoms with van der Waals surface area (Å²) in [4.78, 5) is 16.6. The largest absolute Gasteiger partial charge is 0.321 e. The average Bonchev–Trinajstić information content (AvgIpc) is 3.35. The van der Waals surface area contributed by atoms with E-state index in [1.807, 2.05) is 60.0 Å². The minimum absolute atomic E-state index is 0.257. The van der Waals surface area contributed by atoms with Gasteiger partial charge in [0.1, 0.15) is 5.01 Å². The van der Waals surface area contributed by atoms with Gasteiger partial charge in [-0.25, -0.2) is 9.67 Å². The summed E-state index contributed by atoms with van der Waals surface area (Å²) in [5.74, 6) is -0.302. The predicted molar refractivity (Wildman–Crippen MR) is 96.9 cm³/mol. The Kier molecular flexibility index (Phi) is 4.05. The molecule has 2 aromatic carbocycles. The summed E-state index contributed by atoms with van der Waals surface area (Å²) in [6, 6.07) is 17.1. The summed E-state index contributed by atoms with van der Waals surface area (Å²) in [6.45, 7) is 0. The Labute approximate surface area is 147 Å². The summed E-state index contributed by atoms with van der Waals surface area (Å²) in [5.41, 5.74) is 2.82. The normalized spacial score (nSPS) is 10.6. The molecule has 4 rings (SSSR count). The zero-order valence-corrected chi connectivity index (χ0v) is 13.9. The molecule has 0 bridgehead atoms. The number of nitrogens with zero attached hydrogens (tertiary/aromatic N) is 4. The molecule has 6 nitrogen and oxygen atoms in total. The number of amides is 1. The van der Waals surface area contributed by atoms with Gasteiger partial charge in [-0.1, -0.05) is 23.4 Å². The minimum Gasteiger partial charge on any atom is -0.321 e. The van der Waals surface area contributed by atoms with Crippen LogP contribution in [0, 0.1) is 0 Å². The van der Waals surface area contributed by atoms with Crippen molar-refractivity contribution in [1.29, 1.82) is 0 Å². The lowest BCUT2D eigenvalue weighted by Gasteiger charge is -2.03. The smallest absolute Gasteiger partial charge is 0.277 e. The quantitative estimate of drug-likeness (QED) is 0.612. The molecule has 0 spiro atoms. The van der Waals surface area contributed by atoms with Crippen molar-refractivity contribution in [1.82, 2.24) is 20.0 Å². The van der Waals surface area contributed by atoms with Crippen LogP contribution in [0.5, 0.6) is 0 Å². The maximum absolute atomic E-state index is 12.3. The number of nitrogens with one attached hydrogen (secondary N) is 1. The SMILES string of the molecule is O=C(Nc1ccc(-c2nccs2)cc1)c1cn(-c2ccccc2)nn1. The van der Waals surface area contributed by atoms with Crippen LogP contribution in [0.3, 0.4) is 0 Å². The highest BCUT2D eigenvalue weighted by Gasteiger charge is 2.12. The fourth-order valence-electron chi connectivity index (χ4n) is 2.33. The van der Waals surface area contributed by atoms with E-state index < -0.39 is 0 Å². The molecule has 4 aromatic rings. The highest BCUT2D eigenvalue weighted by atomic mass is 32.1. The number of aromatic nitrogens is 4. The van der Waals surface area contributed by atoms with Gasteiger partial charge in [-0.2, -0.15) is 0 Å². The van der Waals surface area contributed by atoms with Gasteiger partial charge in [0.15, 0.2) is 5.69 Å². The molecule has 0 aliphatic heterocycles. The number of carbonyl (C=O) groups excluding carboxylic acids is 1. The van der Waals surface area contributed by atoms with Gasteiger partial charge in [0.25, 0.3) is 5.91 Å². The van der Waals surface area contributed by atoms with Crippen molar-refractivity contribution in [3.63, 3.8) is 0 Å². The van der Waals surface area contributed by atoms with Crippen LogP contribution in [0.1, 0.15) is 10.5 Å². The standard InChI is InChI=1S/C18H13N5OS/c24-17(16-12-23(22-21-16)15-4-2-1-3-5-15)20-14-8-6-13(7-9-14)18-19-10-11-25-18/h1-12H,(H,20,24). The highest BCUT2D eigenvalue weighted by Crippen LogP contribution is 2.23. The van der Waals surface area contributed by atoms with Crippen molar-refractivity contribution >= 4 is 22.9 Å². The van der Waals surface area contributed by atoms with Gasteiger partial charge >= 0.3 is 0 Å². The number of rotatable bonds is 4. The third-order valence-corrected chi connectivity index (χ3v) is 4.39. The second-order valence-electron chi connectivity index (χ2n) is 5.25. The van der Waals surface area contributed by atoms with Crippen molar-refractivity contribution in [2.45, 2.75) is 0 Å². The van der Waals surface area contributed by atoms with E-state index in [2.05, 4.69) is 20.6 Å². The van der Waals surface area contributed by atoms with Crippen LogP contribution in [0.4, 0.5) is 5.69 Å². The van der Waals surface area contributed by atoms with Gasteiger partial charge in [-0.05, 0) is 36.4 Å². The first-order valence-corrected chi connectivity index (χ1v) is 8.46. The van der Waals surface area contributed by atoms with Crippen molar-refractivity contribution in [3.8, 4) is 16.3 Å². The summed E-state index contributed by atoms with van der Waals surface area (Å²) < 4.78 is 1.57. The third kappa shape index (κ3) is 3.31. The zero-order valence-electron chi connectivity index (χ0n) is 13.0. The summed E-state index contributed by atoms with van der Waals surface area (Å²) >= 11 is 1.57. The molecule has 7 heteroatoms. The minimum atomic E-state index is -0.302. The molecule has 122 valence electrons. The van der Waals surface area contributed by atoms with Crippen LogP contribution in [0.25, 0.3) is 16.3 Å². The lowest BCUT2D eigenvalue weighted by molar-refractivity contribution is 0.102. The Morgan fingerprint density at radius 2 is 1.84 bits per heavy atom. The van der Waals surface area contributed by atoms with Crippen LogP contribution in [0.2, 0.25) is 0 Å². The van der Waals surface area contributed by atoms with Crippen LogP contribution in [-0.2, 0) is 0 Å². The Hall–Kier alpha value is -3.32. The van der Waals surface area contributed by atoms with Crippen molar-refractivity contribution < 1.29 is 4.79 Å². The maximum atomic E-state index is 12.3. The number of thiazole rings is 1. The number of hydrogen-bond donors (Lipinski definition) is 1. The van der Waals surface area contributed by atoms with E-state index in [4.69, 9.17) is 0 Å². The molecule has 0 aliphatic rings. The first kappa shape index (κ1) is 15.2. The van der Waals surface area contributed by atoms with Crippen molar-refractivity contribution in [2.75, 3.05) is 5.32 Å². The van der Waals surface area contributed by atoms with Crippen molar-refractivity contribution in [2.24, 2.45) is 0 Å². The molecule has 0 aliphatic carbocycles. The van der Waals surface area contributed by atoms with Crippen LogP contribution < -0.4 is 5.32 Å². The second kappa shape index (κ2) is 6.66. The molecule has 1 amide bonds. The van der Waals surface area contributed by atoms with E-state index in [9.17, 15) is 4.79 Å². The molecule has 0 saturated heterocycles. The molecule has 0 saturated carbocycles. The van der Waals surface area contributed by atoms with Crippen LogP contribution in [0.15, 0.2) is 72.4 Å². The van der Waals surface area contributed by atoms with Gasteiger partial charge in [-0.3, -0.25) is 4.79 Å². The second-order valence-corrected chi connectivity index (χ2v) is 6.15. The summed E-state index contributed by atoms with van der Waals surface area (Å²) in [6.07, 6.45) is 3.38. The Morgan fingerprint density at radius 3 is 2.56 bits per heavy atom. The van der Waals surface area contributed by atoms with Crippen molar-refractivity contribution in [3.05, 3.63) is 78.1 Å². The molecule has 25 heavy (non-hydrogen) atoms.